The van der Waals surface area contributed by atoms with Crippen molar-refractivity contribution in [2.75, 3.05) is 32.7 Å². The zero-order valence-electron chi connectivity index (χ0n) is 19.9. The second kappa shape index (κ2) is 9.94. The quantitative estimate of drug-likeness (QED) is 0.626. The highest BCUT2D eigenvalue weighted by Crippen LogP contribution is 2.28. The van der Waals surface area contributed by atoms with Crippen LogP contribution in [0.1, 0.15) is 59.8 Å². The first-order valence-corrected chi connectivity index (χ1v) is 12.3. The predicted octanol–water partition coefficient (Wildman–Crippen LogP) is 5.33. The zero-order valence-corrected chi connectivity index (χ0v) is 20.6. The maximum Gasteiger partial charge on any atom is 0.254 e. The van der Waals surface area contributed by atoms with Crippen LogP contribution in [0.3, 0.4) is 0 Å². The molecule has 2 atom stereocenters. The first-order chi connectivity index (χ1) is 15.3. The third-order valence-corrected chi connectivity index (χ3v) is 7.78. The summed E-state index contributed by atoms with van der Waals surface area (Å²) in [4.78, 5) is 20.5. The number of nitrogens with zero attached hydrogens (tertiary/aromatic N) is 3. The smallest absolute Gasteiger partial charge is 0.254 e. The van der Waals surface area contributed by atoms with Crippen molar-refractivity contribution in [1.29, 1.82) is 0 Å². The Balaban J connectivity index is 1.32. The number of piperazine rings is 1. The van der Waals surface area contributed by atoms with Crippen LogP contribution in [0.4, 0.5) is 0 Å². The van der Waals surface area contributed by atoms with Gasteiger partial charge in [0.1, 0.15) is 0 Å². The van der Waals surface area contributed by atoms with E-state index in [4.69, 9.17) is 11.6 Å². The van der Waals surface area contributed by atoms with Gasteiger partial charge in [-0.25, -0.2) is 0 Å². The lowest BCUT2D eigenvalue weighted by Gasteiger charge is -2.47. The summed E-state index contributed by atoms with van der Waals surface area (Å²) in [5.74, 6) is 0.203. The molecule has 0 aromatic heterocycles. The van der Waals surface area contributed by atoms with Gasteiger partial charge in [-0.3, -0.25) is 14.6 Å². The van der Waals surface area contributed by atoms with E-state index in [-0.39, 0.29) is 5.91 Å². The number of likely N-dealkylation sites (tertiary alicyclic amines) is 1. The third-order valence-electron chi connectivity index (χ3n) is 7.52. The number of benzene rings is 2. The Kier molecular flexibility index (Phi) is 7.24. The molecule has 4 nitrogen and oxygen atoms in total. The fourth-order valence-electron chi connectivity index (χ4n) is 5.58. The standard InChI is InChI=1S/C27H36ClN3O/c1-19-6-5-7-20(2)26(19)27(32)29-14-12-25(13-15-29)30-16-17-31(21(3)18-30)22(4)23-8-10-24(28)11-9-23/h5-11,21-22,25H,12-18H2,1-4H3/t21-,22-/m0/s1. The molecule has 2 aliphatic rings. The van der Waals surface area contributed by atoms with Gasteiger partial charge < -0.3 is 4.90 Å². The number of hydrogen-bond donors (Lipinski definition) is 0. The highest BCUT2D eigenvalue weighted by atomic mass is 35.5. The van der Waals surface area contributed by atoms with Gasteiger partial charge in [0.15, 0.2) is 0 Å². The van der Waals surface area contributed by atoms with Crippen LogP contribution in [0.2, 0.25) is 5.02 Å². The van der Waals surface area contributed by atoms with E-state index in [1.165, 1.54) is 5.56 Å². The zero-order chi connectivity index (χ0) is 22.8. The molecule has 0 radical (unpaired) electrons. The van der Waals surface area contributed by atoms with Crippen LogP contribution in [-0.2, 0) is 0 Å². The van der Waals surface area contributed by atoms with E-state index >= 15 is 0 Å². The Bertz CT molecular complexity index is 916. The van der Waals surface area contributed by atoms with Crippen molar-refractivity contribution in [2.45, 2.75) is 58.7 Å². The molecule has 2 aromatic carbocycles. The van der Waals surface area contributed by atoms with E-state index in [9.17, 15) is 4.79 Å². The summed E-state index contributed by atoms with van der Waals surface area (Å²) in [7, 11) is 0. The van der Waals surface area contributed by atoms with E-state index in [0.29, 0.717) is 18.1 Å². The molecule has 2 fully saturated rings. The van der Waals surface area contributed by atoms with Gasteiger partial charge in [-0.15, -0.1) is 0 Å². The van der Waals surface area contributed by atoms with Crippen LogP contribution in [0.5, 0.6) is 0 Å². The van der Waals surface area contributed by atoms with E-state index in [2.05, 4.69) is 40.7 Å². The molecule has 2 saturated heterocycles. The van der Waals surface area contributed by atoms with Crippen molar-refractivity contribution in [1.82, 2.24) is 14.7 Å². The lowest BCUT2D eigenvalue weighted by molar-refractivity contribution is 0.0135. The van der Waals surface area contributed by atoms with Gasteiger partial charge in [-0.05, 0) is 69.4 Å². The second-order valence-electron chi connectivity index (χ2n) is 9.60. The molecule has 2 aromatic rings. The van der Waals surface area contributed by atoms with E-state index in [0.717, 1.165) is 67.3 Å². The molecule has 0 bridgehead atoms. The van der Waals surface area contributed by atoms with Crippen LogP contribution < -0.4 is 0 Å². The minimum absolute atomic E-state index is 0.203. The highest BCUT2D eigenvalue weighted by molar-refractivity contribution is 6.30. The van der Waals surface area contributed by atoms with E-state index in [1.54, 1.807) is 0 Å². The van der Waals surface area contributed by atoms with Crippen LogP contribution >= 0.6 is 11.6 Å². The highest BCUT2D eigenvalue weighted by Gasteiger charge is 2.34. The fourth-order valence-corrected chi connectivity index (χ4v) is 5.71. The monoisotopic (exact) mass is 453 g/mol. The van der Waals surface area contributed by atoms with Gasteiger partial charge in [0.25, 0.3) is 5.91 Å². The lowest BCUT2D eigenvalue weighted by atomic mass is 9.97. The molecule has 0 spiro atoms. The summed E-state index contributed by atoms with van der Waals surface area (Å²) >= 11 is 6.07. The van der Waals surface area contributed by atoms with Crippen molar-refractivity contribution in [2.24, 2.45) is 0 Å². The number of rotatable bonds is 4. The number of halogens is 1. The maximum absolute atomic E-state index is 13.1. The molecule has 1 amide bonds. The SMILES string of the molecule is Cc1cccc(C)c1C(=O)N1CCC(N2CCN([C@@H](C)c3ccc(Cl)cc3)[C@@H](C)C2)CC1. The minimum Gasteiger partial charge on any atom is -0.339 e. The largest absolute Gasteiger partial charge is 0.339 e. The number of carbonyl (C=O) groups excluding carboxylic acids is 1. The molecular weight excluding hydrogens is 418 g/mol. The first-order valence-electron chi connectivity index (χ1n) is 12.0. The summed E-state index contributed by atoms with van der Waals surface area (Å²) in [6.07, 6.45) is 2.13. The molecular formula is C27H36ClN3O. The molecule has 0 N–H and O–H groups in total. The molecule has 2 heterocycles. The van der Waals surface area contributed by atoms with E-state index in [1.807, 2.05) is 44.2 Å². The van der Waals surface area contributed by atoms with Crippen LogP contribution in [0.25, 0.3) is 0 Å². The summed E-state index contributed by atoms with van der Waals surface area (Å²) < 4.78 is 0. The van der Waals surface area contributed by atoms with Crippen molar-refractivity contribution in [3.63, 3.8) is 0 Å². The average molecular weight is 454 g/mol. The fraction of sp³-hybridized carbons (Fsp3) is 0.519. The lowest BCUT2D eigenvalue weighted by Crippen LogP contribution is -2.57. The Morgan fingerprint density at radius 1 is 0.969 bits per heavy atom. The number of amides is 1. The Morgan fingerprint density at radius 2 is 1.59 bits per heavy atom. The van der Waals surface area contributed by atoms with Crippen molar-refractivity contribution in [3.05, 3.63) is 69.7 Å². The maximum atomic E-state index is 13.1. The van der Waals surface area contributed by atoms with Crippen molar-refractivity contribution < 1.29 is 4.79 Å². The number of piperidine rings is 1. The number of carbonyl (C=O) groups is 1. The molecule has 5 heteroatoms. The Hall–Kier alpha value is -1.88. The minimum atomic E-state index is 0.203. The molecule has 2 aliphatic heterocycles. The summed E-state index contributed by atoms with van der Waals surface area (Å²) in [5.41, 5.74) is 4.38. The molecule has 4 rings (SSSR count). The third kappa shape index (κ3) is 4.88. The van der Waals surface area contributed by atoms with Crippen LogP contribution in [0.15, 0.2) is 42.5 Å². The van der Waals surface area contributed by atoms with E-state index < -0.39 is 0 Å². The molecule has 172 valence electrons. The van der Waals surface area contributed by atoms with Crippen molar-refractivity contribution >= 4 is 17.5 Å². The molecule has 0 aliphatic carbocycles. The topological polar surface area (TPSA) is 26.8 Å². The van der Waals surface area contributed by atoms with Gasteiger partial charge in [0.2, 0.25) is 0 Å². The first kappa shape index (κ1) is 23.3. The van der Waals surface area contributed by atoms with Gasteiger partial charge >= 0.3 is 0 Å². The van der Waals surface area contributed by atoms with Gasteiger partial charge in [-0.1, -0.05) is 41.9 Å². The second-order valence-corrected chi connectivity index (χ2v) is 10.0. The summed E-state index contributed by atoms with van der Waals surface area (Å²) in [6, 6.07) is 15.9. The van der Waals surface area contributed by atoms with Gasteiger partial charge in [-0.2, -0.15) is 0 Å². The van der Waals surface area contributed by atoms with Crippen LogP contribution in [0, 0.1) is 13.8 Å². The van der Waals surface area contributed by atoms with Gasteiger partial charge in [0.05, 0.1) is 0 Å². The Labute approximate surface area is 198 Å². The van der Waals surface area contributed by atoms with Crippen molar-refractivity contribution in [3.8, 4) is 0 Å². The summed E-state index contributed by atoms with van der Waals surface area (Å²) in [5, 5.41) is 0.793. The van der Waals surface area contributed by atoms with Gasteiger partial charge in [0, 0.05) is 61.4 Å². The number of hydrogen-bond acceptors (Lipinski definition) is 3. The normalized spacial score (nSPS) is 22.2. The molecule has 32 heavy (non-hydrogen) atoms. The van der Waals surface area contributed by atoms with Crippen LogP contribution in [-0.4, -0.2) is 65.4 Å². The molecule has 0 unspecified atom stereocenters. The Morgan fingerprint density at radius 3 is 2.19 bits per heavy atom. The average Bonchev–Trinajstić information content (AvgIpc) is 2.79. The summed E-state index contributed by atoms with van der Waals surface area (Å²) in [6.45, 7) is 13.7. The predicted molar refractivity (Wildman–Crippen MR) is 132 cm³/mol. The molecule has 0 saturated carbocycles. The number of aryl methyl sites for hydroxylation is 2.